The number of rotatable bonds is 1. The molecule has 0 amide bonds. The number of aliphatic hydroxyl groups is 1. The number of aliphatic hydroxyl groups excluding tert-OH is 1. The maximum Gasteiger partial charge on any atom is 0.136 e. The van der Waals surface area contributed by atoms with E-state index in [-0.39, 0.29) is 17.3 Å². The van der Waals surface area contributed by atoms with Crippen LogP contribution in [0.25, 0.3) is 0 Å². The van der Waals surface area contributed by atoms with Gasteiger partial charge in [0.15, 0.2) is 0 Å². The Morgan fingerprint density at radius 2 is 2.06 bits per heavy atom. The molecule has 1 fully saturated rings. The number of Topliss-reactive ketones (excluding diaryl/α,β-unsaturated/α-hetero) is 1. The Hall–Kier alpha value is -0.670. The third kappa shape index (κ3) is 1.72. The quantitative estimate of drug-likeness (QED) is 0.691. The van der Waals surface area contributed by atoms with Crippen LogP contribution >= 0.6 is 0 Å². The summed E-state index contributed by atoms with van der Waals surface area (Å²) in [5.74, 6) is 0.246. The van der Waals surface area contributed by atoms with E-state index in [0.717, 1.165) is 0 Å². The number of ketones is 1. The molecule has 0 unspecified atom stereocenters. The minimum atomic E-state index is -0.527. The second-order valence-electron chi connectivity index (χ2n) is 5.91. The lowest BCUT2D eigenvalue weighted by Crippen LogP contribution is -2.43. The number of hydrogen-bond acceptors (Lipinski definition) is 3. The maximum absolute atomic E-state index is 11.7. The third-order valence-electron chi connectivity index (χ3n) is 3.68. The van der Waals surface area contributed by atoms with E-state index in [4.69, 9.17) is 4.74 Å². The molecule has 16 heavy (non-hydrogen) atoms. The Morgan fingerprint density at radius 1 is 1.44 bits per heavy atom. The van der Waals surface area contributed by atoms with Crippen LogP contribution in [0.3, 0.4) is 0 Å². The molecular formula is C13H20O3. The lowest BCUT2D eigenvalue weighted by Gasteiger charge is -2.41. The molecule has 1 aliphatic heterocycles. The molecular weight excluding hydrogens is 204 g/mol. The lowest BCUT2D eigenvalue weighted by atomic mass is 9.66. The number of ether oxygens (including phenoxy) is 1. The van der Waals surface area contributed by atoms with Crippen molar-refractivity contribution in [1.29, 1.82) is 0 Å². The van der Waals surface area contributed by atoms with Crippen molar-refractivity contribution >= 4 is 5.78 Å². The van der Waals surface area contributed by atoms with E-state index in [1.54, 1.807) is 6.92 Å². The molecule has 3 nitrogen and oxygen atoms in total. The number of carbonyl (C=O) groups is 1. The Morgan fingerprint density at radius 3 is 2.62 bits per heavy atom. The van der Waals surface area contributed by atoms with E-state index in [0.29, 0.717) is 12.8 Å². The minimum absolute atomic E-state index is 0.145. The van der Waals surface area contributed by atoms with Gasteiger partial charge in [-0.1, -0.05) is 19.9 Å². The molecule has 0 radical (unpaired) electrons. The highest BCUT2D eigenvalue weighted by Gasteiger charge is 2.50. The van der Waals surface area contributed by atoms with Crippen LogP contribution in [-0.4, -0.2) is 28.7 Å². The zero-order valence-corrected chi connectivity index (χ0v) is 10.4. The average Bonchev–Trinajstić information content (AvgIpc) is 2.41. The number of carbonyl (C=O) groups excluding carboxylic acids is 1. The first-order valence-electron chi connectivity index (χ1n) is 5.85. The SMILES string of the molecule is C[C@H](O)[C@@H]1C=C2C(C)(C)CC(=O)C[C@]2(C)O1. The van der Waals surface area contributed by atoms with Crippen molar-refractivity contribution in [2.45, 2.75) is 58.3 Å². The second kappa shape index (κ2) is 3.41. The van der Waals surface area contributed by atoms with Crippen LogP contribution in [0.4, 0.5) is 0 Å². The highest BCUT2D eigenvalue weighted by atomic mass is 16.5. The van der Waals surface area contributed by atoms with Gasteiger partial charge < -0.3 is 9.84 Å². The summed E-state index contributed by atoms with van der Waals surface area (Å²) in [6.45, 7) is 7.82. The van der Waals surface area contributed by atoms with E-state index in [1.165, 1.54) is 5.57 Å². The van der Waals surface area contributed by atoms with Crippen LogP contribution in [0.5, 0.6) is 0 Å². The molecule has 0 spiro atoms. The molecule has 0 aromatic rings. The average molecular weight is 224 g/mol. The van der Waals surface area contributed by atoms with Gasteiger partial charge in [-0.3, -0.25) is 4.79 Å². The molecule has 0 aromatic carbocycles. The van der Waals surface area contributed by atoms with Gasteiger partial charge in [-0.2, -0.15) is 0 Å². The molecule has 1 saturated carbocycles. The lowest BCUT2D eigenvalue weighted by molar-refractivity contribution is -0.133. The Balaban J connectivity index is 2.38. The molecule has 0 saturated heterocycles. The van der Waals surface area contributed by atoms with Gasteiger partial charge in [-0.15, -0.1) is 0 Å². The van der Waals surface area contributed by atoms with E-state index in [2.05, 4.69) is 13.8 Å². The van der Waals surface area contributed by atoms with Crippen LogP contribution in [-0.2, 0) is 9.53 Å². The van der Waals surface area contributed by atoms with Crippen LogP contribution in [0.1, 0.15) is 40.5 Å². The van der Waals surface area contributed by atoms with Gasteiger partial charge in [0, 0.05) is 12.8 Å². The summed E-state index contributed by atoms with van der Waals surface area (Å²) in [7, 11) is 0. The summed E-state index contributed by atoms with van der Waals surface area (Å²) in [5, 5.41) is 9.60. The molecule has 1 N–H and O–H groups in total. The van der Waals surface area contributed by atoms with Gasteiger partial charge in [0.05, 0.1) is 11.7 Å². The van der Waals surface area contributed by atoms with Crippen molar-refractivity contribution in [1.82, 2.24) is 0 Å². The molecule has 0 aromatic heterocycles. The number of hydrogen-bond donors (Lipinski definition) is 1. The largest absolute Gasteiger partial charge is 0.390 e. The topological polar surface area (TPSA) is 46.5 Å². The maximum atomic E-state index is 11.7. The Labute approximate surface area is 96.5 Å². The second-order valence-corrected chi connectivity index (χ2v) is 5.91. The van der Waals surface area contributed by atoms with Gasteiger partial charge in [0.25, 0.3) is 0 Å². The molecule has 2 rings (SSSR count). The van der Waals surface area contributed by atoms with Gasteiger partial charge in [0.1, 0.15) is 11.9 Å². The molecule has 90 valence electrons. The predicted molar refractivity (Wildman–Crippen MR) is 61.1 cm³/mol. The van der Waals surface area contributed by atoms with E-state index < -0.39 is 11.7 Å². The molecule has 0 bridgehead atoms. The molecule has 3 heteroatoms. The summed E-state index contributed by atoms with van der Waals surface area (Å²) >= 11 is 0. The normalized spacial score (nSPS) is 39.2. The fourth-order valence-electron chi connectivity index (χ4n) is 3.08. The molecule has 1 heterocycles. The van der Waals surface area contributed by atoms with Crippen LogP contribution in [0.15, 0.2) is 11.6 Å². The highest BCUT2D eigenvalue weighted by molar-refractivity contribution is 5.83. The van der Waals surface area contributed by atoms with Gasteiger partial charge in [0.2, 0.25) is 0 Å². The molecule has 2 aliphatic rings. The first kappa shape index (κ1) is 11.8. The smallest absolute Gasteiger partial charge is 0.136 e. The van der Waals surface area contributed by atoms with Gasteiger partial charge >= 0.3 is 0 Å². The Bertz CT molecular complexity index is 354. The van der Waals surface area contributed by atoms with E-state index >= 15 is 0 Å². The van der Waals surface area contributed by atoms with E-state index in [9.17, 15) is 9.90 Å². The van der Waals surface area contributed by atoms with Crippen LogP contribution < -0.4 is 0 Å². The molecule has 3 atom stereocenters. The fourth-order valence-corrected chi connectivity index (χ4v) is 3.08. The minimum Gasteiger partial charge on any atom is -0.390 e. The van der Waals surface area contributed by atoms with Crippen molar-refractivity contribution in [2.24, 2.45) is 5.41 Å². The van der Waals surface area contributed by atoms with Crippen molar-refractivity contribution in [3.8, 4) is 0 Å². The van der Waals surface area contributed by atoms with Gasteiger partial charge in [-0.25, -0.2) is 0 Å². The van der Waals surface area contributed by atoms with Crippen LogP contribution in [0, 0.1) is 5.41 Å². The number of fused-ring (bicyclic) bond motifs is 1. The van der Waals surface area contributed by atoms with Gasteiger partial charge in [-0.05, 0) is 24.8 Å². The van der Waals surface area contributed by atoms with Crippen LogP contribution in [0.2, 0.25) is 0 Å². The van der Waals surface area contributed by atoms with Crippen molar-refractivity contribution < 1.29 is 14.6 Å². The standard InChI is InChI=1S/C13H20O3/c1-8(14)10-5-11-12(2,3)6-9(15)7-13(11,4)16-10/h5,8,10,14H,6-7H2,1-4H3/t8-,10-,13-/m0/s1. The third-order valence-corrected chi connectivity index (χ3v) is 3.68. The van der Waals surface area contributed by atoms with Crippen molar-refractivity contribution in [3.05, 3.63) is 11.6 Å². The van der Waals surface area contributed by atoms with Crippen molar-refractivity contribution in [2.75, 3.05) is 0 Å². The summed E-state index contributed by atoms with van der Waals surface area (Å²) < 4.78 is 5.86. The zero-order chi connectivity index (χ0) is 12.1. The summed E-state index contributed by atoms with van der Waals surface area (Å²) in [5.41, 5.74) is 0.527. The summed E-state index contributed by atoms with van der Waals surface area (Å²) in [4.78, 5) is 11.7. The van der Waals surface area contributed by atoms with E-state index in [1.807, 2.05) is 13.0 Å². The Kier molecular flexibility index (Phi) is 2.52. The highest BCUT2D eigenvalue weighted by Crippen LogP contribution is 2.50. The predicted octanol–water partition coefficient (Wildman–Crippen LogP) is 1.84. The van der Waals surface area contributed by atoms with Crippen molar-refractivity contribution in [3.63, 3.8) is 0 Å². The monoisotopic (exact) mass is 224 g/mol. The summed E-state index contributed by atoms with van der Waals surface area (Å²) in [6, 6.07) is 0. The first-order valence-corrected chi connectivity index (χ1v) is 5.85. The zero-order valence-electron chi connectivity index (χ0n) is 10.4. The molecule has 1 aliphatic carbocycles. The summed E-state index contributed by atoms with van der Waals surface area (Å²) in [6.07, 6.45) is 2.22. The first-order chi connectivity index (χ1) is 7.24. The fraction of sp³-hybridized carbons (Fsp3) is 0.769.